The first kappa shape index (κ1) is 50.8. The second-order valence-corrected chi connectivity index (χ2v) is 15.0. The summed E-state index contributed by atoms with van der Waals surface area (Å²) < 4.78 is 5.42. The van der Waals surface area contributed by atoms with Gasteiger partial charge in [-0.3, -0.25) is 9.59 Å². The van der Waals surface area contributed by atoms with Crippen molar-refractivity contribution >= 4 is 11.9 Å². The summed E-state index contributed by atoms with van der Waals surface area (Å²) in [5, 5.41) is 22.9. The molecule has 0 spiro atoms. The molecular formula is C47H85NO5. The number of rotatable bonds is 40. The monoisotopic (exact) mass is 744 g/mol. The van der Waals surface area contributed by atoms with Gasteiger partial charge in [-0.25, -0.2) is 0 Å². The Balaban J connectivity index is 3.62. The van der Waals surface area contributed by atoms with Crippen LogP contribution in [0.15, 0.2) is 48.6 Å². The van der Waals surface area contributed by atoms with Crippen molar-refractivity contribution in [2.24, 2.45) is 0 Å². The third-order valence-corrected chi connectivity index (χ3v) is 9.81. The highest BCUT2D eigenvalue weighted by Gasteiger charge is 2.17. The Morgan fingerprint density at radius 2 is 0.962 bits per heavy atom. The number of aliphatic hydroxyl groups is 2. The van der Waals surface area contributed by atoms with E-state index < -0.39 is 12.1 Å². The summed E-state index contributed by atoms with van der Waals surface area (Å²) in [5.74, 6) is -0.187. The maximum atomic E-state index is 12.3. The van der Waals surface area contributed by atoms with E-state index in [-0.39, 0.29) is 18.5 Å². The molecule has 0 rings (SSSR count). The van der Waals surface area contributed by atoms with Gasteiger partial charge in [0.25, 0.3) is 0 Å². The summed E-state index contributed by atoms with van der Waals surface area (Å²) in [6.45, 7) is 4.74. The normalized spacial score (nSPS) is 13.2. The minimum atomic E-state index is -0.875. The zero-order chi connectivity index (χ0) is 38.7. The number of hydrogen-bond acceptors (Lipinski definition) is 5. The molecule has 0 aliphatic rings. The van der Waals surface area contributed by atoms with E-state index in [1.807, 2.05) is 6.08 Å². The van der Waals surface area contributed by atoms with Crippen LogP contribution in [0.2, 0.25) is 0 Å². The summed E-state index contributed by atoms with van der Waals surface area (Å²) in [4.78, 5) is 24.3. The molecule has 0 heterocycles. The third-order valence-electron chi connectivity index (χ3n) is 9.81. The van der Waals surface area contributed by atoms with Crippen molar-refractivity contribution in [1.29, 1.82) is 0 Å². The Hall–Kier alpha value is -2.18. The first-order valence-corrected chi connectivity index (χ1v) is 22.4. The number of carbonyl (C=O) groups is 2. The van der Waals surface area contributed by atoms with Gasteiger partial charge in [0.1, 0.15) is 0 Å². The van der Waals surface area contributed by atoms with Crippen LogP contribution in [0.4, 0.5) is 0 Å². The van der Waals surface area contributed by atoms with Crippen LogP contribution in [0.1, 0.15) is 213 Å². The Kier molecular flexibility index (Phi) is 40.8. The van der Waals surface area contributed by atoms with Crippen LogP contribution in [0, 0.1) is 0 Å². The molecule has 0 aromatic carbocycles. The van der Waals surface area contributed by atoms with Crippen LogP contribution in [0.5, 0.6) is 0 Å². The molecule has 3 N–H and O–H groups in total. The molecule has 1 amide bonds. The highest BCUT2D eigenvalue weighted by Crippen LogP contribution is 2.13. The number of allylic oxidation sites excluding steroid dienone is 7. The number of nitrogens with one attached hydrogen (secondary N) is 1. The van der Waals surface area contributed by atoms with Crippen molar-refractivity contribution in [2.45, 2.75) is 225 Å². The fourth-order valence-electron chi connectivity index (χ4n) is 6.31. The summed E-state index contributed by atoms with van der Waals surface area (Å²) in [6, 6.07) is -0.666. The van der Waals surface area contributed by atoms with Gasteiger partial charge in [-0.15, -0.1) is 0 Å². The van der Waals surface area contributed by atoms with Crippen LogP contribution in [-0.4, -0.2) is 47.4 Å². The van der Waals surface area contributed by atoms with Gasteiger partial charge >= 0.3 is 5.97 Å². The molecule has 308 valence electrons. The van der Waals surface area contributed by atoms with Crippen LogP contribution < -0.4 is 5.32 Å². The fraction of sp³-hybridized carbons (Fsp3) is 0.787. The second-order valence-electron chi connectivity index (χ2n) is 15.0. The molecular weight excluding hydrogens is 659 g/mol. The lowest BCUT2D eigenvalue weighted by Gasteiger charge is -2.19. The molecule has 0 saturated carbocycles. The lowest BCUT2D eigenvalue weighted by atomic mass is 10.1. The summed E-state index contributed by atoms with van der Waals surface area (Å²) in [6.07, 6.45) is 51.0. The SMILES string of the molecule is CCCCC/C=C\C/C=C\CCCCCCCC(=O)OCCCCCC/C=C\CCCC(=O)NC(CO)C(O)/C=C/CCCCCCCCCCCC. The minimum Gasteiger partial charge on any atom is -0.466 e. The lowest BCUT2D eigenvalue weighted by Crippen LogP contribution is -2.45. The molecule has 0 bridgehead atoms. The second kappa shape index (κ2) is 42.6. The largest absolute Gasteiger partial charge is 0.466 e. The van der Waals surface area contributed by atoms with Crippen LogP contribution in [0.25, 0.3) is 0 Å². The molecule has 53 heavy (non-hydrogen) atoms. The summed E-state index contributed by atoms with van der Waals surface area (Å²) in [7, 11) is 0. The minimum absolute atomic E-state index is 0.0537. The van der Waals surface area contributed by atoms with Gasteiger partial charge in [-0.2, -0.15) is 0 Å². The van der Waals surface area contributed by atoms with Crippen molar-refractivity contribution in [1.82, 2.24) is 5.32 Å². The highest BCUT2D eigenvalue weighted by molar-refractivity contribution is 5.76. The van der Waals surface area contributed by atoms with E-state index in [0.717, 1.165) is 83.5 Å². The predicted octanol–water partition coefficient (Wildman–Crippen LogP) is 12.7. The predicted molar refractivity (Wildman–Crippen MR) is 227 cm³/mol. The first-order chi connectivity index (χ1) is 26.0. The van der Waals surface area contributed by atoms with Gasteiger partial charge < -0.3 is 20.3 Å². The molecule has 6 heteroatoms. The smallest absolute Gasteiger partial charge is 0.305 e. The van der Waals surface area contributed by atoms with Gasteiger partial charge in [0.15, 0.2) is 0 Å². The van der Waals surface area contributed by atoms with Gasteiger partial charge in [0, 0.05) is 12.8 Å². The van der Waals surface area contributed by atoms with Crippen molar-refractivity contribution in [3.63, 3.8) is 0 Å². The Morgan fingerprint density at radius 3 is 1.53 bits per heavy atom. The van der Waals surface area contributed by atoms with Gasteiger partial charge in [-0.1, -0.05) is 165 Å². The Bertz CT molecular complexity index is 911. The number of ether oxygens (including phenoxy) is 1. The number of amides is 1. The molecule has 2 atom stereocenters. The van der Waals surface area contributed by atoms with E-state index in [9.17, 15) is 19.8 Å². The molecule has 6 nitrogen and oxygen atoms in total. The van der Waals surface area contributed by atoms with Crippen LogP contribution in [0.3, 0.4) is 0 Å². The van der Waals surface area contributed by atoms with Crippen molar-refractivity contribution < 1.29 is 24.5 Å². The third kappa shape index (κ3) is 39.3. The molecule has 0 aliphatic heterocycles. The number of esters is 1. The van der Waals surface area contributed by atoms with Crippen LogP contribution >= 0.6 is 0 Å². The van der Waals surface area contributed by atoms with Gasteiger partial charge in [-0.05, 0) is 83.5 Å². The average molecular weight is 744 g/mol. The lowest BCUT2D eigenvalue weighted by molar-refractivity contribution is -0.143. The Morgan fingerprint density at radius 1 is 0.528 bits per heavy atom. The quantitative estimate of drug-likeness (QED) is 0.0330. The molecule has 0 aliphatic carbocycles. The van der Waals surface area contributed by atoms with E-state index in [2.05, 4.69) is 55.6 Å². The van der Waals surface area contributed by atoms with Crippen molar-refractivity contribution in [3.05, 3.63) is 48.6 Å². The molecule has 0 radical (unpaired) electrons. The van der Waals surface area contributed by atoms with E-state index in [4.69, 9.17) is 4.74 Å². The highest BCUT2D eigenvalue weighted by atomic mass is 16.5. The number of unbranched alkanes of at least 4 members (excludes halogenated alkanes) is 23. The van der Waals surface area contributed by atoms with Crippen LogP contribution in [-0.2, 0) is 14.3 Å². The maximum Gasteiger partial charge on any atom is 0.305 e. The average Bonchev–Trinajstić information content (AvgIpc) is 3.16. The number of carbonyl (C=O) groups excluding carboxylic acids is 2. The maximum absolute atomic E-state index is 12.3. The van der Waals surface area contributed by atoms with Crippen molar-refractivity contribution in [3.8, 4) is 0 Å². The molecule has 0 fully saturated rings. The molecule has 2 unspecified atom stereocenters. The topological polar surface area (TPSA) is 95.9 Å². The van der Waals surface area contributed by atoms with Crippen molar-refractivity contribution in [2.75, 3.05) is 13.2 Å². The number of hydrogen-bond donors (Lipinski definition) is 3. The standard InChI is InChI=1S/C47H85NO5/c1-3-5-7-9-11-13-15-17-18-19-21-25-29-33-37-41-47(52)53-42-38-34-30-26-22-24-28-32-36-40-46(51)48-44(43-49)45(50)39-35-31-27-23-20-16-14-12-10-8-6-4-2/h11,13,17-18,24,28,35,39,44-45,49-50H,3-10,12,14-16,19-23,25-27,29-34,36-38,40-43H2,1-2H3,(H,48,51)/b13-11-,18-17-,28-24-,39-35+. The van der Waals surface area contributed by atoms with E-state index >= 15 is 0 Å². The molecule has 0 aromatic heterocycles. The van der Waals surface area contributed by atoms with E-state index in [1.54, 1.807) is 6.08 Å². The zero-order valence-corrected chi connectivity index (χ0v) is 34.7. The fourth-order valence-corrected chi connectivity index (χ4v) is 6.31. The summed E-state index contributed by atoms with van der Waals surface area (Å²) in [5.41, 5.74) is 0. The van der Waals surface area contributed by atoms with E-state index in [1.165, 1.54) is 103 Å². The Labute approximate surface area is 327 Å². The molecule has 0 aromatic rings. The summed E-state index contributed by atoms with van der Waals surface area (Å²) >= 11 is 0. The number of aliphatic hydroxyl groups excluding tert-OH is 2. The van der Waals surface area contributed by atoms with E-state index in [0.29, 0.717) is 19.4 Å². The van der Waals surface area contributed by atoms with Gasteiger partial charge in [0.2, 0.25) is 5.91 Å². The first-order valence-electron chi connectivity index (χ1n) is 22.4. The molecule has 0 saturated heterocycles. The van der Waals surface area contributed by atoms with Gasteiger partial charge in [0.05, 0.1) is 25.4 Å². The zero-order valence-electron chi connectivity index (χ0n) is 34.7.